The van der Waals surface area contributed by atoms with Crippen molar-refractivity contribution >= 4 is 28.7 Å². The largest absolute Gasteiger partial charge is 0.480 e. The van der Waals surface area contributed by atoms with Crippen molar-refractivity contribution in [3.05, 3.63) is 35.5 Å². The van der Waals surface area contributed by atoms with Crippen molar-refractivity contribution in [3.63, 3.8) is 0 Å². The number of piperazine rings is 1. The number of aliphatic imine (C=N–C) groups is 1. The summed E-state index contributed by atoms with van der Waals surface area (Å²) >= 11 is 0. The molecule has 3 aromatic rings. The first-order valence-corrected chi connectivity index (χ1v) is 9.89. The Morgan fingerprint density at radius 1 is 1.34 bits per heavy atom. The minimum Gasteiger partial charge on any atom is -0.480 e. The van der Waals surface area contributed by atoms with Gasteiger partial charge >= 0.3 is 0 Å². The zero-order valence-corrected chi connectivity index (χ0v) is 18.2. The molecule has 1 aliphatic heterocycles. The number of hydrogen-bond donors (Lipinski definition) is 3. The van der Waals surface area contributed by atoms with E-state index in [1.807, 2.05) is 0 Å². The zero-order chi connectivity index (χ0) is 23.4. The summed E-state index contributed by atoms with van der Waals surface area (Å²) in [5.41, 5.74) is 13.6. The van der Waals surface area contributed by atoms with Crippen LogP contribution in [-0.2, 0) is 0 Å². The smallest absolute Gasteiger partial charge is 0.228 e. The van der Waals surface area contributed by atoms with Gasteiger partial charge in [0.1, 0.15) is 23.0 Å². The van der Waals surface area contributed by atoms with Crippen LogP contribution in [0.5, 0.6) is 5.88 Å². The normalized spacial score (nSPS) is 16.5. The quantitative estimate of drug-likeness (QED) is 0.314. The Hall–Kier alpha value is -3.91. The summed E-state index contributed by atoms with van der Waals surface area (Å²) in [6.07, 6.45) is 9.54. The molecule has 0 saturated carbocycles. The van der Waals surface area contributed by atoms with E-state index in [1.165, 1.54) is 23.9 Å². The van der Waals surface area contributed by atoms with Crippen molar-refractivity contribution in [1.29, 1.82) is 0 Å². The number of halogens is 1. The third-order valence-corrected chi connectivity index (χ3v) is 4.87. The number of aryl methyl sites for hydroxylation is 1. The molecule has 1 atom stereocenters. The average Bonchev–Trinajstić information content (AvgIpc) is 3.15. The number of fused-ring (bicyclic) bond motifs is 1. The Balaban J connectivity index is 0.00000141. The van der Waals surface area contributed by atoms with Gasteiger partial charge in [0, 0.05) is 37.8 Å². The summed E-state index contributed by atoms with van der Waals surface area (Å²) in [6, 6.07) is 3.33. The summed E-state index contributed by atoms with van der Waals surface area (Å²) in [7, 11) is 1.49. The Kier molecular flexibility index (Phi) is 6.75. The standard InChI is InChI=1S/C19H24FN9O.C2H2/c1-10-8-28(5-4-23-10)15-7-14(21)16(19(26-15)30-3)17(22)25-12-6-13(20)18-24-11(2)27-29(18)9-12;1-2/h6-7,9-10,23H,4-5,8H2,1-3H3,(H2,21,26)(H2,22,25);1-2H. The number of hydrogen-bond acceptors (Lipinski definition) is 8. The van der Waals surface area contributed by atoms with Crippen molar-refractivity contribution in [3.8, 4) is 18.7 Å². The van der Waals surface area contributed by atoms with Gasteiger partial charge in [-0.1, -0.05) is 0 Å². The van der Waals surface area contributed by atoms with E-state index in [9.17, 15) is 4.39 Å². The maximum atomic E-state index is 14.3. The third-order valence-electron chi connectivity index (χ3n) is 4.87. The summed E-state index contributed by atoms with van der Waals surface area (Å²) in [6.45, 7) is 6.25. The molecule has 1 saturated heterocycles. The van der Waals surface area contributed by atoms with Gasteiger partial charge in [-0.15, -0.1) is 12.8 Å². The van der Waals surface area contributed by atoms with E-state index in [-0.39, 0.29) is 23.1 Å². The van der Waals surface area contributed by atoms with Gasteiger partial charge in [-0.05, 0) is 13.8 Å². The number of terminal acetylenes is 1. The van der Waals surface area contributed by atoms with Gasteiger partial charge in [-0.3, -0.25) is 0 Å². The van der Waals surface area contributed by atoms with E-state index in [0.717, 1.165) is 19.6 Å². The van der Waals surface area contributed by atoms with Crippen LogP contribution < -0.4 is 26.4 Å². The van der Waals surface area contributed by atoms with Crippen LogP contribution >= 0.6 is 0 Å². The van der Waals surface area contributed by atoms with Crippen molar-refractivity contribution < 1.29 is 9.13 Å². The molecule has 1 unspecified atom stereocenters. The van der Waals surface area contributed by atoms with Gasteiger partial charge in [0.15, 0.2) is 11.5 Å². The third kappa shape index (κ3) is 4.55. The molecule has 1 aliphatic rings. The minimum atomic E-state index is -0.550. The molecule has 4 rings (SSSR count). The predicted molar refractivity (Wildman–Crippen MR) is 123 cm³/mol. The Bertz CT molecular complexity index is 1170. The highest BCUT2D eigenvalue weighted by molar-refractivity contribution is 6.05. The Morgan fingerprint density at radius 3 is 2.78 bits per heavy atom. The summed E-state index contributed by atoms with van der Waals surface area (Å²) in [5, 5.41) is 7.51. The fourth-order valence-electron chi connectivity index (χ4n) is 3.53. The van der Waals surface area contributed by atoms with Crippen LogP contribution in [0, 0.1) is 25.6 Å². The van der Waals surface area contributed by atoms with Gasteiger partial charge < -0.3 is 26.4 Å². The highest BCUT2D eigenvalue weighted by Crippen LogP contribution is 2.29. The van der Waals surface area contributed by atoms with Crippen molar-refractivity contribution in [1.82, 2.24) is 24.9 Å². The highest BCUT2D eigenvalue weighted by Gasteiger charge is 2.22. The lowest BCUT2D eigenvalue weighted by Crippen LogP contribution is -2.49. The second kappa shape index (κ2) is 9.49. The van der Waals surface area contributed by atoms with Crippen molar-refractivity contribution in [2.24, 2.45) is 10.7 Å². The molecule has 0 spiro atoms. The highest BCUT2D eigenvalue weighted by atomic mass is 19.1. The maximum absolute atomic E-state index is 14.3. The predicted octanol–water partition coefficient (Wildman–Crippen LogP) is 1.25. The molecule has 4 heterocycles. The molecule has 1 fully saturated rings. The molecule has 10 nitrogen and oxygen atoms in total. The number of nitrogens with two attached hydrogens (primary N) is 2. The van der Waals surface area contributed by atoms with Crippen LogP contribution in [0.15, 0.2) is 23.3 Å². The van der Waals surface area contributed by atoms with Crippen LogP contribution in [0.3, 0.4) is 0 Å². The van der Waals surface area contributed by atoms with Crippen LogP contribution in [0.25, 0.3) is 5.65 Å². The lowest BCUT2D eigenvalue weighted by Gasteiger charge is -2.33. The number of aromatic nitrogens is 4. The van der Waals surface area contributed by atoms with Crippen molar-refractivity contribution in [2.75, 3.05) is 37.4 Å². The molecular formula is C21H26FN9O. The number of nitrogens with one attached hydrogen (secondary N) is 1. The molecule has 0 radical (unpaired) electrons. The van der Waals surface area contributed by atoms with E-state index >= 15 is 0 Å². The molecule has 0 aliphatic carbocycles. The van der Waals surface area contributed by atoms with E-state index in [0.29, 0.717) is 28.9 Å². The Morgan fingerprint density at radius 2 is 2.09 bits per heavy atom. The first-order valence-electron chi connectivity index (χ1n) is 9.89. The molecule has 11 heteroatoms. The maximum Gasteiger partial charge on any atom is 0.228 e. The van der Waals surface area contributed by atoms with E-state index in [1.54, 1.807) is 13.0 Å². The first-order chi connectivity index (χ1) is 15.4. The number of ether oxygens (including phenoxy) is 1. The lowest BCUT2D eigenvalue weighted by atomic mass is 10.1. The molecule has 0 aromatic carbocycles. The fourth-order valence-corrected chi connectivity index (χ4v) is 3.53. The molecule has 5 N–H and O–H groups in total. The van der Waals surface area contributed by atoms with Gasteiger partial charge in [-0.2, -0.15) is 10.1 Å². The molecule has 32 heavy (non-hydrogen) atoms. The number of pyridine rings is 2. The van der Waals surface area contributed by atoms with Crippen molar-refractivity contribution in [2.45, 2.75) is 19.9 Å². The number of nitrogens with zero attached hydrogens (tertiary/aromatic N) is 6. The molecule has 0 bridgehead atoms. The second-order valence-electron chi connectivity index (χ2n) is 7.23. The summed E-state index contributed by atoms with van der Waals surface area (Å²) < 4.78 is 21.1. The van der Waals surface area contributed by atoms with Crippen LogP contribution in [-0.4, -0.2) is 58.2 Å². The SMILES string of the molecule is C#C.COc1nc(N2CCNC(C)C2)cc(N)c1C(N)=Nc1cc(F)c2nc(C)nn2c1. The molecular weight excluding hydrogens is 413 g/mol. The monoisotopic (exact) mass is 439 g/mol. The topological polar surface area (TPSA) is 132 Å². The Labute approximate surface area is 185 Å². The molecule has 168 valence electrons. The number of methoxy groups -OCH3 is 1. The van der Waals surface area contributed by atoms with E-state index < -0.39 is 5.82 Å². The minimum absolute atomic E-state index is 0.0627. The first kappa shape index (κ1) is 22.8. The second-order valence-corrected chi connectivity index (χ2v) is 7.23. The van der Waals surface area contributed by atoms with Gasteiger partial charge in [0.2, 0.25) is 5.88 Å². The fraction of sp³-hybridized carbons (Fsp3) is 0.333. The number of amidine groups is 1. The summed E-state index contributed by atoms with van der Waals surface area (Å²) in [4.78, 5) is 15.1. The zero-order valence-electron chi connectivity index (χ0n) is 18.2. The van der Waals surface area contributed by atoms with Crippen LogP contribution in [0.4, 0.5) is 21.6 Å². The molecule has 0 amide bonds. The lowest BCUT2D eigenvalue weighted by molar-refractivity contribution is 0.396. The number of anilines is 2. The van der Waals surface area contributed by atoms with Gasteiger partial charge in [-0.25, -0.2) is 18.9 Å². The number of rotatable bonds is 4. The van der Waals surface area contributed by atoms with Crippen LogP contribution in [0.2, 0.25) is 0 Å². The van der Waals surface area contributed by atoms with E-state index in [2.05, 4.69) is 50.0 Å². The van der Waals surface area contributed by atoms with Gasteiger partial charge in [0.05, 0.1) is 24.7 Å². The average molecular weight is 439 g/mol. The summed E-state index contributed by atoms with van der Waals surface area (Å²) in [5.74, 6) is 0.935. The van der Waals surface area contributed by atoms with E-state index in [4.69, 9.17) is 16.2 Å². The van der Waals surface area contributed by atoms with Crippen LogP contribution in [0.1, 0.15) is 18.3 Å². The van der Waals surface area contributed by atoms with Gasteiger partial charge in [0.25, 0.3) is 0 Å². The number of nitrogen functional groups attached to an aromatic ring is 1. The molecule has 3 aromatic heterocycles.